The second-order valence-corrected chi connectivity index (χ2v) is 3.48. The first-order chi connectivity index (χ1) is 7.92. The Hall–Kier alpha value is -1.78. The normalized spacial score (nSPS) is 11.1. The number of allylic oxidation sites excluding steroid dienone is 1. The Morgan fingerprint density at radius 3 is 2.35 bits per heavy atom. The Bertz CT molecular complexity index is 326. The van der Waals surface area contributed by atoms with Gasteiger partial charge in [-0.25, -0.2) is 9.59 Å². The van der Waals surface area contributed by atoms with Crippen molar-refractivity contribution in [2.24, 2.45) is 0 Å². The van der Waals surface area contributed by atoms with Crippen molar-refractivity contribution < 1.29 is 23.8 Å². The zero-order valence-corrected chi connectivity index (χ0v) is 10.6. The number of rotatable bonds is 5. The van der Waals surface area contributed by atoms with Gasteiger partial charge in [-0.1, -0.05) is 12.2 Å². The van der Waals surface area contributed by atoms with E-state index < -0.39 is 18.2 Å². The molecule has 0 saturated carbocycles. The van der Waals surface area contributed by atoms with Gasteiger partial charge in [-0.15, -0.1) is 0 Å². The third-order valence-electron chi connectivity index (χ3n) is 1.76. The third-order valence-corrected chi connectivity index (χ3v) is 1.76. The minimum atomic E-state index is -0.869. The largest absolute Gasteiger partial charge is 0.509 e. The number of hydrogen-bond donors (Lipinski definition) is 0. The molecule has 0 aromatic carbocycles. The molecule has 96 valence electrons. The summed E-state index contributed by atoms with van der Waals surface area (Å²) >= 11 is 0. The van der Waals surface area contributed by atoms with E-state index in [1.807, 2.05) is 13.8 Å². The number of carbonyl (C=O) groups excluding carboxylic acids is 2. The van der Waals surface area contributed by atoms with E-state index in [0.29, 0.717) is 0 Å². The van der Waals surface area contributed by atoms with Crippen molar-refractivity contribution in [3.8, 4) is 0 Å². The molecule has 0 fully saturated rings. The van der Waals surface area contributed by atoms with Gasteiger partial charge in [0.2, 0.25) is 0 Å². The van der Waals surface area contributed by atoms with Crippen molar-refractivity contribution in [1.29, 1.82) is 0 Å². The van der Waals surface area contributed by atoms with Gasteiger partial charge in [-0.2, -0.15) is 0 Å². The summed E-state index contributed by atoms with van der Waals surface area (Å²) in [5.41, 5.74) is 0.922. The second kappa shape index (κ2) is 7.49. The number of hydrogen-bond acceptors (Lipinski definition) is 5. The summed E-state index contributed by atoms with van der Waals surface area (Å²) in [6, 6.07) is 0. The maximum Gasteiger partial charge on any atom is 0.509 e. The monoisotopic (exact) mass is 242 g/mol. The van der Waals surface area contributed by atoms with Gasteiger partial charge in [0.05, 0.1) is 19.3 Å². The Balaban J connectivity index is 4.77. The highest BCUT2D eigenvalue weighted by atomic mass is 16.7. The highest BCUT2D eigenvalue weighted by Crippen LogP contribution is 2.12. The molecule has 0 aromatic rings. The highest BCUT2D eigenvalue weighted by Gasteiger charge is 2.22. The van der Waals surface area contributed by atoms with Crippen molar-refractivity contribution in [1.82, 2.24) is 0 Å². The third kappa shape index (κ3) is 5.75. The highest BCUT2D eigenvalue weighted by molar-refractivity contribution is 5.89. The van der Waals surface area contributed by atoms with Gasteiger partial charge in [-0.3, -0.25) is 0 Å². The van der Waals surface area contributed by atoms with Gasteiger partial charge in [0.1, 0.15) is 0 Å². The molecule has 0 aromatic heterocycles. The molecule has 0 aliphatic carbocycles. The molecular weight excluding hydrogens is 224 g/mol. The summed E-state index contributed by atoms with van der Waals surface area (Å²) in [6.45, 7) is 9.02. The molecule has 0 heterocycles. The molecule has 0 aliphatic rings. The lowest BCUT2D eigenvalue weighted by Crippen LogP contribution is -2.24. The Labute approximate surface area is 101 Å². The molecular formula is C12H18O5. The minimum absolute atomic E-state index is 0.0433. The topological polar surface area (TPSA) is 61.8 Å². The van der Waals surface area contributed by atoms with Gasteiger partial charge in [0.15, 0.2) is 6.10 Å². The molecule has 0 bridgehead atoms. The maximum atomic E-state index is 11.3. The van der Waals surface area contributed by atoms with Crippen molar-refractivity contribution >= 4 is 12.1 Å². The van der Waals surface area contributed by atoms with Crippen molar-refractivity contribution in [2.45, 2.75) is 26.9 Å². The molecule has 0 amide bonds. The molecule has 5 heteroatoms. The van der Waals surface area contributed by atoms with Crippen LogP contribution in [0, 0.1) is 0 Å². The predicted octanol–water partition coefficient (Wildman–Crippen LogP) is 2.22. The zero-order chi connectivity index (χ0) is 13.4. The fourth-order valence-corrected chi connectivity index (χ4v) is 1.01. The summed E-state index contributed by atoms with van der Waals surface area (Å²) in [6.07, 6.45) is -0.123. The van der Waals surface area contributed by atoms with Crippen LogP contribution in [0.3, 0.4) is 0 Å². The van der Waals surface area contributed by atoms with E-state index in [1.54, 1.807) is 13.0 Å². The van der Waals surface area contributed by atoms with Crippen LogP contribution >= 0.6 is 0 Å². The minimum Gasteiger partial charge on any atom is -0.466 e. The van der Waals surface area contributed by atoms with E-state index >= 15 is 0 Å². The maximum absolute atomic E-state index is 11.3. The van der Waals surface area contributed by atoms with E-state index in [9.17, 15) is 9.59 Å². The zero-order valence-electron chi connectivity index (χ0n) is 10.6. The summed E-state index contributed by atoms with van der Waals surface area (Å²) in [5, 5.41) is 0. The first-order valence-corrected chi connectivity index (χ1v) is 5.17. The summed E-state index contributed by atoms with van der Waals surface area (Å²) in [4.78, 5) is 22.5. The lowest BCUT2D eigenvalue weighted by Gasteiger charge is -2.15. The molecule has 17 heavy (non-hydrogen) atoms. The van der Waals surface area contributed by atoms with Crippen LogP contribution < -0.4 is 0 Å². The molecule has 0 radical (unpaired) electrons. The molecule has 0 N–H and O–H groups in total. The number of methoxy groups -OCH3 is 1. The molecule has 0 spiro atoms. The Morgan fingerprint density at radius 2 is 1.94 bits per heavy atom. The van der Waals surface area contributed by atoms with Crippen LogP contribution in [0.1, 0.15) is 20.8 Å². The van der Waals surface area contributed by atoms with Crippen molar-refractivity contribution in [3.63, 3.8) is 0 Å². The van der Waals surface area contributed by atoms with Crippen LogP contribution in [0.5, 0.6) is 0 Å². The molecule has 1 atom stereocenters. The average Bonchev–Trinajstić information content (AvgIpc) is 2.25. The van der Waals surface area contributed by atoms with E-state index in [2.05, 4.69) is 16.1 Å². The number of carbonyl (C=O) groups is 2. The second-order valence-electron chi connectivity index (χ2n) is 3.48. The Kier molecular flexibility index (Phi) is 6.70. The van der Waals surface area contributed by atoms with Crippen LogP contribution in [0.4, 0.5) is 4.79 Å². The summed E-state index contributed by atoms with van der Waals surface area (Å²) in [5.74, 6) is -0.628. The van der Waals surface area contributed by atoms with Crippen molar-refractivity contribution in [3.05, 3.63) is 23.8 Å². The van der Waals surface area contributed by atoms with Crippen LogP contribution in [0.2, 0.25) is 0 Å². The van der Waals surface area contributed by atoms with Crippen LogP contribution in [0.15, 0.2) is 23.8 Å². The van der Waals surface area contributed by atoms with Gasteiger partial charge in [0.25, 0.3) is 0 Å². The van der Waals surface area contributed by atoms with Crippen LogP contribution in [-0.4, -0.2) is 31.9 Å². The molecule has 1 unspecified atom stereocenters. The standard InChI is InChI=1S/C12H18O5/c1-6-16-12(14)17-10(7-8(2)3)9(4)11(13)15-5/h7,10H,4,6H2,1-3,5H3. The lowest BCUT2D eigenvalue weighted by molar-refractivity contribution is -0.137. The van der Waals surface area contributed by atoms with Gasteiger partial charge in [0, 0.05) is 0 Å². The summed E-state index contributed by atoms with van der Waals surface area (Å²) < 4.78 is 14.1. The molecule has 0 rings (SSSR count). The molecule has 0 saturated heterocycles. The average molecular weight is 242 g/mol. The van der Waals surface area contributed by atoms with E-state index in [1.165, 1.54) is 7.11 Å². The van der Waals surface area contributed by atoms with E-state index in [-0.39, 0.29) is 12.2 Å². The smallest absolute Gasteiger partial charge is 0.466 e. The van der Waals surface area contributed by atoms with Gasteiger partial charge in [-0.05, 0) is 26.8 Å². The fourth-order valence-electron chi connectivity index (χ4n) is 1.01. The lowest BCUT2D eigenvalue weighted by atomic mass is 10.1. The quantitative estimate of drug-likeness (QED) is 0.420. The Morgan fingerprint density at radius 1 is 1.35 bits per heavy atom. The SMILES string of the molecule is C=C(C(=O)OC)C(C=C(C)C)OC(=O)OCC. The first-order valence-electron chi connectivity index (χ1n) is 5.17. The van der Waals surface area contributed by atoms with E-state index in [0.717, 1.165) is 5.57 Å². The van der Waals surface area contributed by atoms with Gasteiger partial charge >= 0.3 is 12.1 Å². The predicted molar refractivity (Wildman–Crippen MR) is 62.5 cm³/mol. The van der Waals surface area contributed by atoms with Crippen LogP contribution in [0.25, 0.3) is 0 Å². The fraction of sp³-hybridized carbons (Fsp3) is 0.500. The number of ether oxygens (including phenoxy) is 3. The molecule has 0 aliphatic heterocycles. The van der Waals surface area contributed by atoms with E-state index in [4.69, 9.17) is 4.74 Å². The summed E-state index contributed by atoms with van der Waals surface area (Å²) in [7, 11) is 1.23. The molecule has 5 nitrogen and oxygen atoms in total. The van der Waals surface area contributed by atoms with Gasteiger partial charge < -0.3 is 14.2 Å². The first kappa shape index (κ1) is 15.2. The van der Waals surface area contributed by atoms with Crippen LogP contribution in [-0.2, 0) is 19.0 Å². The van der Waals surface area contributed by atoms with Crippen molar-refractivity contribution in [2.75, 3.05) is 13.7 Å². The number of esters is 1.